The maximum absolute atomic E-state index is 10.9. The van der Waals surface area contributed by atoms with Crippen LogP contribution in [-0.2, 0) is 0 Å². The minimum Gasteiger partial charge on any atom is -0.478 e. The Hall–Kier alpha value is -0.940. The van der Waals surface area contributed by atoms with Crippen LogP contribution in [0, 0.1) is 0 Å². The molecule has 6 heteroatoms. The molecular weight excluding hydrogens is 248 g/mol. The summed E-state index contributed by atoms with van der Waals surface area (Å²) in [5.41, 5.74) is 0.136. The number of anilines is 1. The van der Waals surface area contributed by atoms with Gasteiger partial charge in [0.05, 0.1) is 0 Å². The molecule has 0 saturated carbocycles. The lowest BCUT2D eigenvalue weighted by Crippen LogP contribution is -2.20. The first-order valence-corrected chi connectivity index (χ1v) is 6.47. The van der Waals surface area contributed by atoms with Crippen molar-refractivity contribution in [3.8, 4) is 0 Å². The molecule has 2 N–H and O–H groups in total. The van der Waals surface area contributed by atoms with Crippen molar-refractivity contribution in [3.63, 3.8) is 0 Å². The lowest BCUT2D eigenvalue weighted by Gasteiger charge is -2.14. The van der Waals surface area contributed by atoms with Gasteiger partial charge in [-0.25, -0.2) is 9.78 Å². The van der Waals surface area contributed by atoms with Crippen molar-refractivity contribution in [3.05, 3.63) is 22.8 Å². The predicted octanol–water partition coefficient (Wildman–Crippen LogP) is 2.60. The molecular formula is C10H13ClN2O2S. The second kappa shape index (κ2) is 5.96. The SMILES string of the molecule is CSCC(C)Nc1nc(Cl)ccc1C(=O)O. The van der Waals surface area contributed by atoms with E-state index in [2.05, 4.69) is 10.3 Å². The summed E-state index contributed by atoms with van der Waals surface area (Å²) in [5.74, 6) is 0.178. The molecule has 1 atom stereocenters. The van der Waals surface area contributed by atoms with Gasteiger partial charge in [0, 0.05) is 11.8 Å². The number of carboxylic acid groups (broad SMARTS) is 1. The summed E-state index contributed by atoms with van der Waals surface area (Å²) < 4.78 is 0. The van der Waals surface area contributed by atoms with Crippen LogP contribution in [0.25, 0.3) is 0 Å². The van der Waals surface area contributed by atoms with E-state index in [0.29, 0.717) is 5.82 Å². The zero-order chi connectivity index (χ0) is 12.1. The summed E-state index contributed by atoms with van der Waals surface area (Å²) in [6.45, 7) is 1.96. The Labute approximate surface area is 103 Å². The average Bonchev–Trinajstić information content (AvgIpc) is 2.17. The van der Waals surface area contributed by atoms with Gasteiger partial charge >= 0.3 is 5.97 Å². The fourth-order valence-corrected chi connectivity index (χ4v) is 1.97. The number of rotatable bonds is 5. The van der Waals surface area contributed by atoms with E-state index in [1.54, 1.807) is 11.8 Å². The first kappa shape index (κ1) is 13.1. The number of nitrogens with one attached hydrogen (secondary N) is 1. The number of thioether (sulfide) groups is 1. The number of carboxylic acids is 1. The van der Waals surface area contributed by atoms with Crippen LogP contribution in [0.15, 0.2) is 12.1 Å². The summed E-state index contributed by atoms with van der Waals surface area (Å²) in [6.07, 6.45) is 1.99. The van der Waals surface area contributed by atoms with Gasteiger partial charge in [0.2, 0.25) is 0 Å². The quantitative estimate of drug-likeness (QED) is 0.797. The van der Waals surface area contributed by atoms with Crippen molar-refractivity contribution in [2.75, 3.05) is 17.3 Å². The Morgan fingerprint density at radius 1 is 1.69 bits per heavy atom. The standard InChI is InChI=1S/C10H13ClN2O2S/c1-6(5-16-2)12-9-7(10(14)15)3-4-8(11)13-9/h3-4,6H,5H2,1-2H3,(H,12,13)(H,14,15). The van der Waals surface area contributed by atoms with Gasteiger partial charge in [-0.15, -0.1) is 0 Å². The Bertz CT molecular complexity index is 387. The molecule has 1 aromatic rings. The predicted molar refractivity (Wildman–Crippen MR) is 67.7 cm³/mol. The van der Waals surface area contributed by atoms with Crippen LogP contribution < -0.4 is 5.32 Å². The van der Waals surface area contributed by atoms with Gasteiger partial charge in [-0.2, -0.15) is 11.8 Å². The van der Waals surface area contributed by atoms with Crippen molar-refractivity contribution in [2.45, 2.75) is 13.0 Å². The fraction of sp³-hybridized carbons (Fsp3) is 0.400. The summed E-state index contributed by atoms with van der Waals surface area (Å²) in [5, 5.41) is 12.3. The smallest absolute Gasteiger partial charge is 0.339 e. The van der Waals surface area contributed by atoms with Gasteiger partial charge in [-0.1, -0.05) is 11.6 Å². The monoisotopic (exact) mass is 260 g/mol. The van der Waals surface area contributed by atoms with Gasteiger partial charge in [0.25, 0.3) is 0 Å². The van der Waals surface area contributed by atoms with Crippen molar-refractivity contribution < 1.29 is 9.90 Å². The molecule has 0 aromatic carbocycles. The molecule has 88 valence electrons. The average molecular weight is 261 g/mol. The van der Waals surface area contributed by atoms with Crippen molar-refractivity contribution >= 4 is 35.1 Å². The van der Waals surface area contributed by atoms with Crippen LogP contribution in [0.3, 0.4) is 0 Å². The van der Waals surface area contributed by atoms with Gasteiger partial charge in [-0.05, 0) is 25.3 Å². The fourth-order valence-electron chi connectivity index (χ4n) is 1.24. The normalized spacial score (nSPS) is 12.2. The number of nitrogens with zero attached hydrogens (tertiary/aromatic N) is 1. The number of hydrogen-bond donors (Lipinski definition) is 2. The minimum atomic E-state index is -1.01. The first-order chi connectivity index (χ1) is 7.54. The molecule has 0 spiro atoms. The van der Waals surface area contributed by atoms with Gasteiger partial charge in [0.1, 0.15) is 16.5 Å². The molecule has 0 aliphatic carbocycles. The molecule has 0 amide bonds. The van der Waals surface area contributed by atoms with Gasteiger partial charge in [-0.3, -0.25) is 0 Å². The van der Waals surface area contributed by atoms with E-state index < -0.39 is 5.97 Å². The second-order valence-corrected chi connectivity index (χ2v) is 4.63. The first-order valence-electron chi connectivity index (χ1n) is 4.70. The minimum absolute atomic E-state index is 0.136. The highest BCUT2D eigenvalue weighted by Crippen LogP contribution is 2.18. The zero-order valence-corrected chi connectivity index (χ0v) is 10.6. The van der Waals surface area contributed by atoms with Crippen LogP contribution in [0.1, 0.15) is 17.3 Å². The molecule has 4 nitrogen and oxygen atoms in total. The van der Waals surface area contributed by atoms with Crippen LogP contribution in [0.4, 0.5) is 5.82 Å². The zero-order valence-electron chi connectivity index (χ0n) is 9.03. The molecule has 16 heavy (non-hydrogen) atoms. The van der Waals surface area contributed by atoms with E-state index in [-0.39, 0.29) is 16.8 Å². The highest BCUT2D eigenvalue weighted by atomic mass is 35.5. The third-order valence-corrected chi connectivity index (χ3v) is 2.94. The van der Waals surface area contributed by atoms with Gasteiger partial charge in [0.15, 0.2) is 0 Å². The topological polar surface area (TPSA) is 62.2 Å². The summed E-state index contributed by atoms with van der Waals surface area (Å²) in [4.78, 5) is 14.9. The third kappa shape index (κ3) is 3.57. The number of pyridine rings is 1. The molecule has 0 aliphatic rings. The van der Waals surface area contributed by atoms with E-state index in [0.717, 1.165) is 5.75 Å². The molecule has 0 radical (unpaired) electrons. The second-order valence-electron chi connectivity index (χ2n) is 3.34. The maximum atomic E-state index is 10.9. The van der Waals surface area contributed by atoms with E-state index in [9.17, 15) is 4.79 Å². The molecule has 0 bridgehead atoms. The van der Waals surface area contributed by atoms with Crippen LogP contribution in [0.5, 0.6) is 0 Å². The Balaban J connectivity index is 2.92. The van der Waals surface area contributed by atoms with Crippen molar-refractivity contribution in [1.29, 1.82) is 0 Å². The highest BCUT2D eigenvalue weighted by Gasteiger charge is 2.13. The van der Waals surface area contributed by atoms with E-state index >= 15 is 0 Å². The molecule has 1 heterocycles. The number of hydrogen-bond acceptors (Lipinski definition) is 4. The largest absolute Gasteiger partial charge is 0.478 e. The summed E-state index contributed by atoms with van der Waals surface area (Å²) in [7, 11) is 0. The summed E-state index contributed by atoms with van der Waals surface area (Å²) in [6, 6.07) is 3.06. The molecule has 0 saturated heterocycles. The van der Waals surface area contributed by atoms with Gasteiger partial charge < -0.3 is 10.4 Å². The van der Waals surface area contributed by atoms with Crippen LogP contribution >= 0.6 is 23.4 Å². The van der Waals surface area contributed by atoms with E-state index in [1.807, 2.05) is 13.2 Å². The van der Waals surface area contributed by atoms with Crippen molar-refractivity contribution in [2.24, 2.45) is 0 Å². The number of aromatic carboxylic acids is 1. The lowest BCUT2D eigenvalue weighted by molar-refractivity contribution is 0.0697. The van der Waals surface area contributed by atoms with E-state index in [4.69, 9.17) is 16.7 Å². The van der Waals surface area contributed by atoms with E-state index in [1.165, 1.54) is 12.1 Å². The third-order valence-electron chi connectivity index (χ3n) is 1.89. The molecule has 1 aromatic heterocycles. The highest BCUT2D eigenvalue weighted by molar-refractivity contribution is 7.98. The Kier molecular flexibility index (Phi) is 4.89. The number of aromatic nitrogens is 1. The lowest BCUT2D eigenvalue weighted by atomic mass is 10.2. The van der Waals surface area contributed by atoms with Crippen LogP contribution in [-0.4, -0.2) is 34.1 Å². The Morgan fingerprint density at radius 2 is 2.38 bits per heavy atom. The Morgan fingerprint density at radius 3 is 2.94 bits per heavy atom. The number of carbonyl (C=O) groups is 1. The molecule has 1 unspecified atom stereocenters. The maximum Gasteiger partial charge on any atom is 0.339 e. The van der Waals surface area contributed by atoms with Crippen molar-refractivity contribution in [1.82, 2.24) is 4.98 Å². The molecule has 0 aliphatic heterocycles. The molecule has 0 fully saturated rings. The summed E-state index contributed by atoms with van der Waals surface area (Å²) >= 11 is 7.41. The van der Waals surface area contributed by atoms with Crippen LogP contribution in [0.2, 0.25) is 5.15 Å². The number of halogens is 1. The molecule has 1 rings (SSSR count).